The maximum Gasteiger partial charge on any atom is 0.224 e. The van der Waals surface area contributed by atoms with Crippen LogP contribution in [0.1, 0.15) is 38.7 Å². The number of benzene rings is 1. The predicted molar refractivity (Wildman–Crippen MR) is 96.3 cm³/mol. The number of carbonyl (C=O) groups excluding carboxylic acids is 1. The van der Waals surface area contributed by atoms with E-state index in [9.17, 15) is 13.2 Å². The van der Waals surface area contributed by atoms with Crippen LogP contribution in [0.3, 0.4) is 0 Å². The number of sulfonamides is 1. The van der Waals surface area contributed by atoms with Crippen LogP contribution in [-0.4, -0.2) is 37.8 Å². The normalized spacial score (nSPS) is 20.5. The minimum absolute atomic E-state index is 0.0456. The standard InChI is InChI=1S/C17H25ClN2O3S/c1-3-13(2)19-17(21)15-5-4-10-20(11-15)24(22,23)12-14-6-8-16(18)9-7-14/h6-9,13,15H,3-5,10-12H2,1-2H3,(H,19,21)/t13-,15+/m0/s1. The number of nitrogens with zero attached hydrogens (tertiary/aromatic N) is 1. The summed E-state index contributed by atoms with van der Waals surface area (Å²) in [5, 5.41) is 3.53. The number of hydrogen-bond donors (Lipinski definition) is 1. The average Bonchev–Trinajstić information content (AvgIpc) is 2.56. The summed E-state index contributed by atoms with van der Waals surface area (Å²) in [4.78, 5) is 12.3. The summed E-state index contributed by atoms with van der Waals surface area (Å²) in [5.74, 6) is -0.382. The Morgan fingerprint density at radius 2 is 2.04 bits per heavy atom. The molecule has 0 radical (unpaired) electrons. The molecule has 0 aromatic heterocycles. The number of carbonyl (C=O) groups is 1. The zero-order chi connectivity index (χ0) is 17.7. The van der Waals surface area contributed by atoms with Crippen LogP contribution in [-0.2, 0) is 20.6 Å². The molecule has 2 atom stereocenters. The third-order valence-corrected chi connectivity index (χ3v) is 6.48. The molecule has 1 aliphatic rings. The van der Waals surface area contributed by atoms with Gasteiger partial charge >= 0.3 is 0 Å². The molecule has 1 aliphatic heterocycles. The Labute approximate surface area is 149 Å². The van der Waals surface area contributed by atoms with Crippen molar-refractivity contribution in [1.82, 2.24) is 9.62 Å². The summed E-state index contributed by atoms with van der Waals surface area (Å²) in [7, 11) is -3.44. The van der Waals surface area contributed by atoms with Gasteiger partial charge in [0, 0.05) is 24.2 Å². The van der Waals surface area contributed by atoms with Gasteiger partial charge in [-0.2, -0.15) is 0 Å². The molecule has 1 saturated heterocycles. The Hall–Kier alpha value is -1.11. The van der Waals surface area contributed by atoms with E-state index in [1.54, 1.807) is 24.3 Å². The smallest absolute Gasteiger partial charge is 0.224 e. The van der Waals surface area contributed by atoms with E-state index in [0.717, 1.165) is 12.8 Å². The third kappa shape index (κ3) is 5.19. The molecular weight excluding hydrogens is 348 g/mol. The highest BCUT2D eigenvalue weighted by Gasteiger charge is 2.32. The van der Waals surface area contributed by atoms with Crippen molar-refractivity contribution < 1.29 is 13.2 Å². The number of nitrogens with one attached hydrogen (secondary N) is 1. The van der Waals surface area contributed by atoms with Gasteiger partial charge in [-0.05, 0) is 43.9 Å². The number of piperidine rings is 1. The van der Waals surface area contributed by atoms with Crippen molar-refractivity contribution in [2.45, 2.75) is 44.9 Å². The molecular formula is C17H25ClN2O3S. The summed E-state index contributed by atoms with van der Waals surface area (Å²) >= 11 is 5.83. The number of amides is 1. The SMILES string of the molecule is CC[C@H](C)NC(=O)[C@@H]1CCCN(S(=O)(=O)Cc2ccc(Cl)cc2)C1. The Kier molecular flexibility index (Phi) is 6.66. The van der Waals surface area contributed by atoms with E-state index in [0.29, 0.717) is 23.6 Å². The molecule has 134 valence electrons. The van der Waals surface area contributed by atoms with Gasteiger partial charge in [0.15, 0.2) is 0 Å². The second-order valence-electron chi connectivity index (χ2n) is 6.40. The van der Waals surface area contributed by atoms with E-state index in [2.05, 4.69) is 5.32 Å². The number of rotatable bonds is 6. The predicted octanol–water partition coefficient (Wildman–Crippen LogP) is 2.80. The molecule has 5 nitrogen and oxygen atoms in total. The second-order valence-corrected chi connectivity index (χ2v) is 8.80. The zero-order valence-electron chi connectivity index (χ0n) is 14.2. The summed E-state index contributed by atoms with van der Waals surface area (Å²) in [6.07, 6.45) is 2.30. The first-order valence-corrected chi connectivity index (χ1v) is 10.3. The van der Waals surface area contributed by atoms with Crippen LogP contribution in [0.15, 0.2) is 24.3 Å². The minimum atomic E-state index is -3.44. The fourth-order valence-electron chi connectivity index (χ4n) is 2.75. The Morgan fingerprint density at radius 3 is 2.67 bits per heavy atom. The molecule has 1 heterocycles. The average molecular weight is 373 g/mol. The van der Waals surface area contributed by atoms with Gasteiger partial charge in [0.05, 0.1) is 11.7 Å². The zero-order valence-corrected chi connectivity index (χ0v) is 15.7. The van der Waals surface area contributed by atoms with Crippen molar-refractivity contribution in [3.05, 3.63) is 34.9 Å². The summed E-state index contributed by atoms with van der Waals surface area (Å²) in [6.45, 7) is 4.70. The Morgan fingerprint density at radius 1 is 1.38 bits per heavy atom. The molecule has 7 heteroatoms. The van der Waals surface area contributed by atoms with Gasteiger partial charge in [-0.1, -0.05) is 30.7 Å². The maximum absolute atomic E-state index is 12.6. The van der Waals surface area contributed by atoms with E-state index in [4.69, 9.17) is 11.6 Å². The fourth-order valence-corrected chi connectivity index (χ4v) is 4.49. The topological polar surface area (TPSA) is 66.5 Å². The lowest BCUT2D eigenvalue weighted by Gasteiger charge is -2.31. The molecule has 1 aromatic carbocycles. The lowest BCUT2D eigenvalue weighted by molar-refractivity contribution is -0.126. The van der Waals surface area contributed by atoms with Crippen LogP contribution in [0.4, 0.5) is 0 Å². The Bertz CT molecular complexity index is 661. The monoisotopic (exact) mass is 372 g/mol. The van der Waals surface area contributed by atoms with Crippen molar-refractivity contribution in [3.63, 3.8) is 0 Å². The van der Waals surface area contributed by atoms with Gasteiger partial charge in [-0.15, -0.1) is 0 Å². The molecule has 1 aromatic rings. The third-order valence-electron chi connectivity index (χ3n) is 4.41. The van der Waals surface area contributed by atoms with Crippen LogP contribution < -0.4 is 5.32 Å². The van der Waals surface area contributed by atoms with Crippen molar-refractivity contribution in [2.75, 3.05) is 13.1 Å². The van der Waals surface area contributed by atoms with Gasteiger partial charge in [-0.25, -0.2) is 12.7 Å². The molecule has 0 saturated carbocycles. The molecule has 1 N–H and O–H groups in total. The number of hydrogen-bond acceptors (Lipinski definition) is 3. The van der Waals surface area contributed by atoms with Gasteiger partial charge in [0.25, 0.3) is 0 Å². The van der Waals surface area contributed by atoms with Crippen molar-refractivity contribution in [1.29, 1.82) is 0 Å². The molecule has 24 heavy (non-hydrogen) atoms. The first-order valence-electron chi connectivity index (χ1n) is 8.34. The molecule has 2 rings (SSSR count). The summed E-state index contributed by atoms with van der Waals surface area (Å²) in [6, 6.07) is 6.92. The first-order chi connectivity index (χ1) is 11.3. The van der Waals surface area contributed by atoms with Crippen LogP contribution in [0.25, 0.3) is 0 Å². The lowest BCUT2D eigenvalue weighted by atomic mass is 9.98. The van der Waals surface area contributed by atoms with Crippen molar-refractivity contribution in [2.24, 2.45) is 5.92 Å². The molecule has 1 amide bonds. The molecule has 0 unspecified atom stereocenters. The highest BCUT2D eigenvalue weighted by molar-refractivity contribution is 7.88. The fraction of sp³-hybridized carbons (Fsp3) is 0.588. The van der Waals surface area contributed by atoms with E-state index < -0.39 is 10.0 Å². The molecule has 0 bridgehead atoms. The van der Waals surface area contributed by atoms with Gasteiger partial charge in [0.1, 0.15) is 0 Å². The molecule has 0 aliphatic carbocycles. The van der Waals surface area contributed by atoms with Gasteiger partial charge < -0.3 is 5.32 Å². The second kappa shape index (κ2) is 8.32. The van der Waals surface area contributed by atoms with Crippen LogP contribution in [0.5, 0.6) is 0 Å². The first kappa shape index (κ1) is 19.2. The largest absolute Gasteiger partial charge is 0.353 e. The summed E-state index contributed by atoms with van der Waals surface area (Å²) in [5.41, 5.74) is 0.700. The number of halogens is 1. The summed E-state index contributed by atoms with van der Waals surface area (Å²) < 4.78 is 26.7. The quantitative estimate of drug-likeness (QED) is 0.834. The highest BCUT2D eigenvalue weighted by Crippen LogP contribution is 2.22. The van der Waals surface area contributed by atoms with Crippen molar-refractivity contribution >= 4 is 27.5 Å². The highest BCUT2D eigenvalue weighted by atomic mass is 35.5. The van der Waals surface area contributed by atoms with Crippen LogP contribution in [0.2, 0.25) is 5.02 Å². The van der Waals surface area contributed by atoms with Crippen LogP contribution >= 0.6 is 11.6 Å². The minimum Gasteiger partial charge on any atom is -0.353 e. The molecule has 0 spiro atoms. The van der Waals surface area contributed by atoms with Crippen LogP contribution in [0, 0.1) is 5.92 Å². The van der Waals surface area contributed by atoms with Gasteiger partial charge in [-0.3, -0.25) is 4.79 Å². The van der Waals surface area contributed by atoms with E-state index >= 15 is 0 Å². The lowest BCUT2D eigenvalue weighted by Crippen LogP contribution is -2.47. The Balaban J connectivity index is 2.02. The van der Waals surface area contributed by atoms with Crippen molar-refractivity contribution in [3.8, 4) is 0 Å². The van der Waals surface area contributed by atoms with E-state index in [-0.39, 0.29) is 30.2 Å². The van der Waals surface area contributed by atoms with E-state index in [1.807, 2.05) is 13.8 Å². The van der Waals surface area contributed by atoms with Gasteiger partial charge in [0.2, 0.25) is 15.9 Å². The van der Waals surface area contributed by atoms with E-state index in [1.165, 1.54) is 4.31 Å². The maximum atomic E-state index is 12.6. The molecule has 1 fully saturated rings.